The fraction of sp³-hybridized carbons (Fsp3) is 0.600. The molecule has 0 aliphatic carbocycles. The van der Waals surface area contributed by atoms with Gasteiger partial charge in [-0.3, -0.25) is 0 Å². The molecule has 0 radical (unpaired) electrons. The second-order valence-corrected chi connectivity index (χ2v) is 5.52. The quantitative estimate of drug-likeness (QED) is 0.616. The Labute approximate surface area is 123 Å². The van der Waals surface area contributed by atoms with Gasteiger partial charge >= 0.3 is 0 Å². The van der Waals surface area contributed by atoms with E-state index in [1.165, 1.54) is 0 Å². The molecule has 118 valence electrons. The summed E-state index contributed by atoms with van der Waals surface area (Å²) < 4.78 is 11.0. The van der Waals surface area contributed by atoms with Crippen molar-refractivity contribution in [2.45, 2.75) is 51.5 Å². The Morgan fingerprint density at radius 1 is 1.05 bits per heavy atom. The smallest absolute Gasteiger partial charge is 0.229 e. The highest BCUT2D eigenvalue weighted by Crippen LogP contribution is 2.28. The molecule has 0 bridgehead atoms. The Morgan fingerprint density at radius 2 is 1.71 bits per heavy atom. The molecule has 0 spiro atoms. The number of rotatable bonds is 3. The molecule has 0 unspecified atom stereocenters. The molecule has 1 aliphatic rings. The van der Waals surface area contributed by atoms with Gasteiger partial charge in [0.05, 0.1) is 6.61 Å². The number of hydrogen-bond acceptors (Lipinski definition) is 6. The summed E-state index contributed by atoms with van der Waals surface area (Å²) in [6.45, 7) is 5.28. The third-order valence-electron chi connectivity index (χ3n) is 3.86. The fourth-order valence-corrected chi connectivity index (χ4v) is 2.41. The van der Waals surface area contributed by atoms with Crippen LogP contribution < -0.4 is 4.74 Å². The van der Waals surface area contributed by atoms with Crippen molar-refractivity contribution >= 4 is 0 Å². The lowest BCUT2D eigenvalue weighted by Gasteiger charge is -2.39. The van der Waals surface area contributed by atoms with E-state index in [1.54, 1.807) is 0 Å². The van der Waals surface area contributed by atoms with E-state index in [4.69, 9.17) is 14.6 Å². The van der Waals surface area contributed by atoms with Crippen molar-refractivity contribution in [3.05, 3.63) is 28.8 Å². The van der Waals surface area contributed by atoms with E-state index in [1.807, 2.05) is 32.9 Å². The highest BCUT2D eigenvalue weighted by molar-refractivity contribution is 5.42. The molecule has 1 aromatic rings. The number of ether oxygens (including phenoxy) is 2. The van der Waals surface area contributed by atoms with Crippen molar-refractivity contribution in [2.24, 2.45) is 0 Å². The number of hydrogen-bond donors (Lipinski definition) is 4. The van der Waals surface area contributed by atoms with Crippen molar-refractivity contribution < 1.29 is 29.9 Å². The third kappa shape index (κ3) is 3.20. The van der Waals surface area contributed by atoms with Crippen LogP contribution in [0.25, 0.3) is 0 Å². The molecule has 6 nitrogen and oxygen atoms in total. The van der Waals surface area contributed by atoms with Gasteiger partial charge in [0.15, 0.2) is 0 Å². The first-order valence-electron chi connectivity index (χ1n) is 6.90. The summed E-state index contributed by atoms with van der Waals surface area (Å²) in [5, 5.41) is 38.6. The number of benzene rings is 1. The molecule has 1 aromatic carbocycles. The van der Waals surface area contributed by atoms with E-state index >= 15 is 0 Å². The third-order valence-corrected chi connectivity index (χ3v) is 3.86. The van der Waals surface area contributed by atoms with Gasteiger partial charge in [-0.05, 0) is 43.5 Å². The van der Waals surface area contributed by atoms with E-state index in [2.05, 4.69) is 0 Å². The normalized spacial score (nSPS) is 33.0. The molecule has 0 amide bonds. The van der Waals surface area contributed by atoms with Crippen LogP contribution in [-0.2, 0) is 4.74 Å². The minimum atomic E-state index is -1.44. The minimum Gasteiger partial charge on any atom is -0.462 e. The van der Waals surface area contributed by atoms with Gasteiger partial charge in [-0.2, -0.15) is 0 Å². The van der Waals surface area contributed by atoms with Crippen LogP contribution in [0.4, 0.5) is 0 Å². The molecule has 1 heterocycles. The number of aliphatic hydroxyl groups is 4. The van der Waals surface area contributed by atoms with Gasteiger partial charge in [-0.1, -0.05) is 6.07 Å². The van der Waals surface area contributed by atoms with Gasteiger partial charge in [0.1, 0.15) is 30.2 Å². The monoisotopic (exact) mass is 298 g/mol. The first-order valence-corrected chi connectivity index (χ1v) is 6.90. The van der Waals surface area contributed by atoms with Crippen LogP contribution >= 0.6 is 0 Å². The molecule has 0 saturated carbocycles. The Morgan fingerprint density at radius 3 is 2.33 bits per heavy atom. The number of aryl methyl sites for hydroxylation is 2. The Bertz CT molecular complexity index is 501. The molecule has 5 atom stereocenters. The minimum absolute atomic E-state index is 0.476. The van der Waals surface area contributed by atoms with Gasteiger partial charge in [0, 0.05) is 0 Å². The van der Waals surface area contributed by atoms with E-state index in [9.17, 15) is 15.3 Å². The zero-order valence-corrected chi connectivity index (χ0v) is 12.4. The highest BCUT2D eigenvalue weighted by atomic mass is 16.7. The van der Waals surface area contributed by atoms with Crippen molar-refractivity contribution in [3.8, 4) is 5.75 Å². The van der Waals surface area contributed by atoms with Crippen LogP contribution in [0.3, 0.4) is 0 Å². The van der Waals surface area contributed by atoms with Crippen molar-refractivity contribution in [1.29, 1.82) is 0 Å². The predicted octanol–water partition coefficient (Wildman–Crippen LogP) is -0.209. The van der Waals surface area contributed by atoms with Crippen molar-refractivity contribution in [2.75, 3.05) is 6.61 Å². The molecular weight excluding hydrogens is 276 g/mol. The summed E-state index contributed by atoms with van der Waals surface area (Å²) in [5.74, 6) is 0.539. The standard InChI is InChI=1S/C15H22O6/c1-7-4-8(2)9(3)10(5-7)20-15-14(19)13(18)12(17)11(6-16)21-15/h4-5,11-19H,6H2,1-3H3/t11-,12-,13+,14+,15+/m1/s1. The molecule has 6 heteroatoms. The largest absolute Gasteiger partial charge is 0.462 e. The molecule has 1 fully saturated rings. The van der Waals surface area contributed by atoms with Crippen LogP contribution in [0.15, 0.2) is 12.1 Å². The summed E-state index contributed by atoms with van der Waals surface area (Å²) >= 11 is 0. The van der Waals surface area contributed by atoms with Crippen LogP contribution in [0.2, 0.25) is 0 Å². The molecule has 0 aromatic heterocycles. The lowest BCUT2D eigenvalue weighted by atomic mass is 9.99. The Kier molecular flexibility index (Phi) is 4.85. The lowest BCUT2D eigenvalue weighted by molar-refractivity contribution is -0.277. The second-order valence-electron chi connectivity index (χ2n) is 5.52. The van der Waals surface area contributed by atoms with Crippen LogP contribution in [-0.4, -0.2) is 57.7 Å². The maximum Gasteiger partial charge on any atom is 0.229 e. The average Bonchev–Trinajstić information content (AvgIpc) is 2.44. The first-order chi connectivity index (χ1) is 9.85. The SMILES string of the molecule is Cc1cc(C)c(C)c(O[C@H]2O[C@H](CO)[C@@H](O)[C@H](O)[C@@H]2O)c1. The topological polar surface area (TPSA) is 99.4 Å². The lowest BCUT2D eigenvalue weighted by Crippen LogP contribution is -2.60. The van der Waals surface area contributed by atoms with E-state index in [0.717, 1.165) is 16.7 Å². The van der Waals surface area contributed by atoms with Crippen molar-refractivity contribution in [1.82, 2.24) is 0 Å². The maximum atomic E-state index is 9.97. The molecule has 21 heavy (non-hydrogen) atoms. The fourth-order valence-electron chi connectivity index (χ4n) is 2.41. The Balaban J connectivity index is 2.22. The molecule has 1 saturated heterocycles. The van der Waals surface area contributed by atoms with Crippen LogP contribution in [0, 0.1) is 20.8 Å². The average molecular weight is 298 g/mol. The van der Waals surface area contributed by atoms with Gasteiger partial charge in [-0.25, -0.2) is 0 Å². The molecule has 1 aliphatic heterocycles. The van der Waals surface area contributed by atoms with Gasteiger partial charge in [0.2, 0.25) is 6.29 Å². The molecule has 2 rings (SSSR count). The zero-order valence-electron chi connectivity index (χ0n) is 12.4. The van der Waals surface area contributed by atoms with Crippen LogP contribution in [0.1, 0.15) is 16.7 Å². The zero-order chi connectivity index (χ0) is 15.7. The Hall–Kier alpha value is -1.18. The number of aliphatic hydroxyl groups excluding tert-OH is 4. The van der Waals surface area contributed by atoms with Gasteiger partial charge in [-0.15, -0.1) is 0 Å². The van der Waals surface area contributed by atoms with E-state index in [-0.39, 0.29) is 0 Å². The predicted molar refractivity (Wildman–Crippen MR) is 75.0 cm³/mol. The summed E-state index contributed by atoms with van der Waals surface area (Å²) in [6.07, 6.45) is -6.35. The summed E-state index contributed by atoms with van der Waals surface area (Å²) in [4.78, 5) is 0. The summed E-state index contributed by atoms with van der Waals surface area (Å²) in [5.41, 5.74) is 2.94. The van der Waals surface area contributed by atoms with Gasteiger partial charge in [0.25, 0.3) is 0 Å². The molecular formula is C15H22O6. The van der Waals surface area contributed by atoms with E-state index < -0.39 is 37.3 Å². The van der Waals surface area contributed by atoms with E-state index in [0.29, 0.717) is 5.75 Å². The summed E-state index contributed by atoms with van der Waals surface area (Å²) in [7, 11) is 0. The molecule has 4 N–H and O–H groups in total. The maximum absolute atomic E-state index is 9.97. The second kappa shape index (κ2) is 6.29. The van der Waals surface area contributed by atoms with Crippen molar-refractivity contribution in [3.63, 3.8) is 0 Å². The highest BCUT2D eigenvalue weighted by Gasteiger charge is 2.44. The first kappa shape index (κ1) is 16.2. The van der Waals surface area contributed by atoms with Crippen LogP contribution in [0.5, 0.6) is 5.75 Å². The summed E-state index contributed by atoms with van der Waals surface area (Å²) in [6, 6.07) is 3.82. The van der Waals surface area contributed by atoms with Gasteiger partial charge < -0.3 is 29.9 Å².